The summed E-state index contributed by atoms with van der Waals surface area (Å²) in [5, 5.41) is 20.6. The number of carbonyl (C=O) groups excluding carboxylic acids is 1. The smallest absolute Gasteiger partial charge is 0.270 e. The van der Waals surface area contributed by atoms with E-state index in [0.29, 0.717) is 13.1 Å². The predicted molar refractivity (Wildman–Crippen MR) is 75.9 cm³/mol. The average Bonchev–Trinajstić information content (AvgIpc) is 2.50. The Morgan fingerprint density at radius 3 is 3.05 bits per heavy atom. The van der Waals surface area contributed by atoms with Gasteiger partial charge in [0, 0.05) is 25.0 Å². The van der Waals surface area contributed by atoms with Crippen molar-refractivity contribution in [3.63, 3.8) is 0 Å². The Morgan fingerprint density at radius 1 is 1.50 bits per heavy atom. The van der Waals surface area contributed by atoms with Gasteiger partial charge in [-0.05, 0) is 24.5 Å². The van der Waals surface area contributed by atoms with Gasteiger partial charge in [0.05, 0.1) is 6.61 Å². The first-order valence-electron chi connectivity index (χ1n) is 6.62. The number of para-hydroxylation sites is 1. The lowest BCUT2D eigenvalue weighted by Crippen LogP contribution is -2.36. The van der Waals surface area contributed by atoms with E-state index in [1.807, 2.05) is 30.3 Å². The maximum atomic E-state index is 12.4. The van der Waals surface area contributed by atoms with Crippen molar-refractivity contribution in [3.8, 4) is 6.07 Å². The first-order chi connectivity index (χ1) is 9.77. The third-order valence-electron chi connectivity index (χ3n) is 3.21. The average molecular weight is 271 g/mol. The van der Waals surface area contributed by atoms with Crippen LogP contribution >= 0.6 is 0 Å². The van der Waals surface area contributed by atoms with E-state index in [4.69, 9.17) is 10.4 Å². The molecule has 0 radical (unpaired) electrons. The number of aryl methyl sites for hydroxylation is 1. The summed E-state index contributed by atoms with van der Waals surface area (Å²) in [5.74, 6) is -0.301. The molecule has 0 aliphatic carbocycles. The molecular formula is C15H17N3O2. The molecule has 2 rings (SSSR count). The van der Waals surface area contributed by atoms with Crippen LogP contribution in [0.2, 0.25) is 0 Å². The van der Waals surface area contributed by atoms with Gasteiger partial charge in [-0.2, -0.15) is 5.26 Å². The number of fused-ring (bicyclic) bond motifs is 1. The third-order valence-corrected chi connectivity index (χ3v) is 3.21. The number of rotatable bonds is 4. The van der Waals surface area contributed by atoms with Crippen LogP contribution in [0, 0.1) is 11.3 Å². The molecule has 0 fully saturated rings. The summed E-state index contributed by atoms with van der Waals surface area (Å²) in [5.41, 5.74) is 2.06. The van der Waals surface area contributed by atoms with Gasteiger partial charge in [0.25, 0.3) is 5.91 Å². The number of nitrogens with one attached hydrogen (secondary N) is 1. The molecule has 1 aromatic rings. The molecule has 0 saturated carbocycles. The molecule has 1 aliphatic rings. The Morgan fingerprint density at radius 2 is 2.30 bits per heavy atom. The Balaban J connectivity index is 2.21. The Hall–Kier alpha value is -2.32. The highest BCUT2D eigenvalue weighted by Crippen LogP contribution is 2.27. The fraction of sp³-hybridized carbons (Fsp3) is 0.333. The topological polar surface area (TPSA) is 76.4 Å². The van der Waals surface area contributed by atoms with E-state index >= 15 is 0 Å². The third kappa shape index (κ3) is 2.98. The first kappa shape index (κ1) is 14.1. The summed E-state index contributed by atoms with van der Waals surface area (Å²) in [4.78, 5) is 14.1. The van der Waals surface area contributed by atoms with Gasteiger partial charge >= 0.3 is 0 Å². The lowest BCUT2D eigenvalue weighted by atomic mass is 10.0. The van der Waals surface area contributed by atoms with Crippen LogP contribution in [-0.4, -0.2) is 30.7 Å². The summed E-state index contributed by atoms with van der Waals surface area (Å²) in [6.07, 6.45) is 3.22. The van der Waals surface area contributed by atoms with E-state index in [9.17, 15) is 4.79 Å². The number of aliphatic hydroxyl groups excluding tert-OH is 1. The van der Waals surface area contributed by atoms with Gasteiger partial charge in [0.15, 0.2) is 0 Å². The van der Waals surface area contributed by atoms with E-state index in [0.717, 1.165) is 24.1 Å². The van der Waals surface area contributed by atoms with Gasteiger partial charge in [-0.15, -0.1) is 0 Å². The predicted octanol–water partition coefficient (Wildman–Crippen LogP) is 0.955. The second-order valence-corrected chi connectivity index (χ2v) is 4.54. The minimum Gasteiger partial charge on any atom is -0.395 e. The van der Waals surface area contributed by atoms with Gasteiger partial charge in [0.1, 0.15) is 11.6 Å². The van der Waals surface area contributed by atoms with Crippen LogP contribution in [0.15, 0.2) is 36.0 Å². The quantitative estimate of drug-likeness (QED) is 0.486. The number of hydrogen-bond acceptors (Lipinski definition) is 4. The van der Waals surface area contributed by atoms with E-state index in [-0.39, 0.29) is 18.1 Å². The Bertz CT molecular complexity index is 560. The van der Waals surface area contributed by atoms with Crippen LogP contribution < -0.4 is 10.2 Å². The van der Waals surface area contributed by atoms with Gasteiger partial charge < -0.3 is 15.3 Å². The van der Waals surface area contributed by atoms with E-state index in [1.54, 1.807) is 4.90 Å². The summed E-state index contributed by atoms with van der Waals surface area (Å²) in [6, 6.07) is 9.68. The molecule has 0 spiro atoms. The molecule has 5 nitrogen and oxygen atoms in total. The first-order valence-corrected chi connectivity index (χ1v) is 6.62. The molecule has 20 heavy (non-hydrogen) atoms. The number of aliphatic hydroxyl groups is 1. The van der Waals surface area contributed by atoms with Crippen molar-refractivity contribution in [2.24, 2.45) is 0 Å². The highest BCUT2D eigenvalue weighted by Gasteiger charge is 2.24. The fourth-order valence-electron chi connectivity index (χ4n) is 2.27. The minimum absolute atomic E-state index is 0.0457. The SMILES string of the molecule is N#C/C(=C/NCCO)C(=O)N1CCCc2ccccc21. The molecule has 5 heteroatoms. The highest BCUT2D eigenvalue weighted by atomic mass is 16.3. The number of amides is 1. The Kier molecular flexibility index (Phi) is 4.75. The number of nitriles is 1. The molecule has 1 heterocycles. The zero-order chi connectivity index (χ0) is 14.4. The van der Waals surface area contributed by atoms with Crippen molar-refractivity contribution < 1.29 is 9.90 Å². The number of nitrogens with zero attached hydrogens (tertiary/aromatic N) is 2. The van der Waals surface area contributed by atoms with Crippen molar-refractivity contribution in [2.45, 2.75) is 12.8 Å². The van der Waals surface area contributed by atoms with Crippen LogP contribution in [0.3, 0.4) is 0 Å². The van der Waals surface area contributed by atoms with E-state index in [2.05, 4.69) is 5.32 Å². The molecule has 104 valence electrons. The molecule has 0 aromatic heterocycles. The van der Waals surface area contributed by atoms with Crippen molar-refractivity contribution in [3.05, 3.63) is 41.6 Å². The lowest BCUT2D eigenvalue weighted by molar-refractivity contribution is -0.114. The lowest BCUT2D eigenvalue weighted by Gasteiger charge is -2.29. The summed E-state index contributed by atoms with van der Waals surface area (Å²) >= 11 is 0. The Labute approximate surface area is 118 Å². The molecule has 0 unspecified atom stereocenters. The number of carbonyl (C=O) groups is 1. The van der Waals surface area contributed by atoms with Crippen LogP contribution in [0.4, 0.5) is 5.69 Å². The summed E-state index contributed by atoms with van der Waals surface area (Å²) < 4.78 is 0. The van der Waals surface area contributed by atoms with Gasteiger partial charge in [0.2, 0.25) is 0 Å². The molecule has 1 aliphatic heterocycles. The van der Waals surface area contributed by atoms with Gasteiger partial charge in [-0.1, -0.05) is 18.2 Å². The number of anilines is 1. The monoisotopic (exact) mass is 271 g/mol. The van der Waals surface area contributed by atoms with Crippen LogP contribution in [0.25, 0.3) is 0 Å². The zero-order valence-electron chi connectivity index (χ0n) is 11.2. The van der Waals surface area contributed by atoms with Crippen molar-refractivity contribution >= 4 is 11.6 Å². The maximum Gasteiger partial charge on any atom is 0.270 e. The second-order valence-electron chi connectivity index (χ2n) is 4.54. The van der Waals surface area contributed by atoms with Crippen LogP contribution in [-0.2, 0) is 11.2 Å². The second kappa shape index (κ2) is 6.73. The fourth-order valence-corrected chi connectivity index (χ4v) is 2.27. The van der Waals surface area contributed by atoms with Crippen molar-refractivity contribution in [1.29, 1.82) is 5.26 Å². The van der Waals surface area contributed by atoms with Gasteiger partial charge in [-0.25, -0.2) is 0 Å². The summed E-state index contributed by atoms with van der Waals surface area (Å²) in [7, 11) is 0. The highest BCUT2D eigenvalue weighted by molar-refractivity contribution is 6.08. The van der Waals surface area contributed by atoms with E-state index < -0.39 is 0 Å². The number of hydrogen-bond donors (Lipinski definition) is 2. The normalized spacial score (nSPS) is 14.4. The van der Waals surface area contributed by atoms with Crippen LogP contribution in [0.5, 0.6) is 0 Å². The van der Waals surface area contributed by atoms with E-state index in [1.165, 1.54) is 6.20 Å². The van der Waals surface area contributed by atoms with Crippen molar-refractivity contribution in [2.75, 3.05) is 24.6 Å². The molecular weight excluding hydrogens is 254 g/mol. The molecule has 0 bridgehead atoms. The zero-order valence-corrected chi connectivity index (χ0v) is 11.2. The van der Waals surface area contributed by atoms with Gasteiger partial charge in [-0.3, -0.25) is 4.79 Å². The largest absolute Gasteiger partial charge is 0.395 e. The molecule has 2 N–H and O–H groups in total. The molecule has 0 atom stereocenters. The summed E-state index contributed by atoms with van der Waals surface area (Å²) in [6.45, 7) is 0.889. The molecule has 1 aromatic carbocycles. The standard InChI is InChI=1S/C15H17N3O2/c16-10-13(11-17-7-9-19)15(20)18-8-3-5-12-4-1-2-6-14(12)18/h1-2,4,6,11,17,19H,3,5,7-9H2/b13-11-. The minimum atomic E-state index is -0.301. The number of benzene rings is 1. The van der Waals surface area contributed by atoms with Crippen LogP contribution in [0.1, 0.15) is 12.0 Å². The molecule has 1 amide bonds. The van der Waals surface area contributed by atoms with Crippen molar-refractivity contribution in [1.82, 2.24) is 5.32 Å². The molecule has 0 saturated heterocycles. The maximum absolute atomic E-state index is 12.4.